The molecule has 1 aromatic carbocycles. The van der Waals surface area contributed by atoms with Gasteiger partial charge in [-0.05, 0) is 60.1 Å². The summed E-state index contributed by atoms with van der Waals surface area (Å²) in [6.07, 6.45) is 0. The Hall–Kier alpha value is -1.32. The van der Waals surface area contributed by atoms with Crippen LogP contribution in [0.3, 0.4) is 0 Å². The molecule has 0 aliphatic carbocycles. The zero-order valence-corrected chi connectivity index (χ0v) is 12.7. The normalized spacial score (nSPS) is 14.3. The van der Waals surface area contributed by atoms with E-state index in [2.05, 4.69) is 63.3 Å². The highest BCUT2D eigenvalue weighted by molar-refractivity contribution is 5.78. The molecule has 0 aliphatic heterocycles. The number of nitrogens with zero attached hydrogens (tertiary/aromatic N) is 1. The lowest BCUT2D eigenvalue weighted by molar-refractivity contribution is 0.131. The number of aryl methyl sites for hydroxylation is 1. The van der Waals surface area contributed by atoms with Gasteiger partial charge in [0.1, 0.15) is 11.3 Å². The van der Waals surface area contributed by atoms with Crippen LogP contribution in [0.25, 0.3) is 11.0 Å². The molecule has 104 valence electrons. The first-order valence-electron chi connectivity index (χ1n) is 6.71. The summed E-state index contributed by atoms with van der Waals surface area (Å²) < 4.78 is 6.02. The molecule has 1 aromatic heterocycles. The summed E-state index contributed by atoms with van der Waals surface area (Å²) >= 11 is 0. The van der Waals surface area contributed by atoms with Crippen LogP contribution < -0.4 is 5.32 Å². The maximum absolute atomic E-state index is 6.02. The van der Waals surface area contributed by atoms with E-state index in [0.717, 1.165) is 11.3 Å². The summed E-state index contributed by atoms with van der Waals surface area (Å²) in [5, 5.41) is 4.55. The molecule has 0 amide bonds. The van der Waals surface area contributed by atoms with E-state index in [0.29, 0.717) is 0 Å². The minimum absolute atomic E-state index is 0.0301. The molecule has 1 atom stereocenters. The summed E-state index contributed by atoms with van der Waals surface area (Å²) in [4.78, 5) is 2.21. The van der Waals surface area contributed by atoms with Gasteiger partial charge in [0.15, 0.2) is 0 Å². The van der Waals surface area contributed by atoms with Gasteiger partial charge in [-0.1, -0.05) is 11.6 Å². The lowest BCUT2D eigenvalue weighted by Crippen LogP contribution is -2.48. The number of hydrogen-bond donors (Lipinski definition) is 1. The molecule has 0 saturated heterocycles. The zero-order chi connectivity index (χ0) is 14.2. The second kappa shape index (κ2) is 4.99. The predicted molar refractivity (Wildman–Crippen MR) is 80.5 cm³/mol. The Labute approximate surface area is 115 Å². The monoisotopic (exact) mass is 260 g/mol. The maximum atomic E-state index is 6.02. The van der Waals surface area contributed by atoms with Gasteiger partial charge in [-0.25, -0.2) is 0 Å². The van der Waals surface area contributed by atoms with E-state index in [1.807, 2.05) is 13.1 Å². The van der Waals surface area contributed by atoms with Gasteiger partial charge >= 0.3 is 0 Å². The Balaban J connectivity index is 2.46. The third-order valence-electron chi connectivity index (χ3n) is 4.12. The van der Waals surface area contributed by atoms with Crippen molar-refractivity contribution in [1.82, 2.24) is 10.2 Å². The molecule has 2 rings (SSSR count). The van der Waals surface area contributed by atoms with Crippen molar-refractivity contribution in [3.05, 3.63) is 35.6 Å². The van der Waals surface area contributed by atoms with E-state index in [1.54, 1.807) is 0 Å². The van der Waals surface area contributed by atoms with Crippen LogP contribution in [0.1, 0.15) is 31.2 Å². The average Bonchev–Trinajstić information content (AvgIpc) is 2.71. The van der Waals surface area contributed by atoms with Gasteiger partial charge in [0.05, 0.1) is 6.04 Å². The number of likely N-dealkylation sites (N-methyl/N-ethyl adjacent to an activating group) is 2. The van der Waals surface area contributed by atoms with Crippen molar-refractivity contribution in [3.63, 3.8) is 0 Å². The molecule has 0 radical (unpaired) electrons. The summed E-state index contributed by atoms with van der Waals surface area (Å²) in [5.41, 5.74) is 2.18. The second-order valence-corrected chi connectivity index (χ2v) is 5.96. The van der Waals surface area contributed by atoms with Crippen LogP contribution in [0.15, 0.2) is 28.7 Å². The summed E-state index contributed by atoms with van der Waals surface area (Å²) in [7, 11) is 6.17. The first-order valence-corrected chi connectivity index (χ1v) is 6.71. The van der Waals surface area contributed by atoms with Crippen molar-refractivity contribution in [2.24, 2.45) is 0 Å². The van der Waals surface area contributed by atoms with Gasteiger partial charge in [0.25, 0.3) is 0 Å². The van der Waals surface area contributed by atoms with Crippen molar-refractivity contribution >= 4 is 11.0 Å². The highest BCUT2D eigenvalue weighted by Crippen LogP contribution is 2.33. The zero-order valence-electron chi connectivity index (χ0n) is 12.7. The molecule has 0 fully saturated rings. The quantitative estimate of drug-likeness (QED) is 0.914. The van der Waals surface area contributed by atoms with E-state index >= 15 is 0 Å². The van der Waals surface area contributed by atoms with E-state index in [1.165, 1.54) is 10.9 Å². The molecule has 0 bridgehead atoms. The minimum atomic E-state index is -0.0301. The van der Waals surface area contributed by atoms with Crippen LogP contribution in [-0.2, 0) is 0 Å². The number of nitrogens with one attached hydrogen (secondary N) is 1. The second-order valence-electron chi connectivity index (χ2n) is 5.96. The van der Waals surface area contributed by atoms with Gasteiger partial charge < -0.3 is 14.6 Å². The largest absolute Gasteiger partial charge is 0.459 e. The molecule has 1 unspecified atom stereocenters. The van der Waals surface area contributed by atoms with Gasteiger partial charge in [-0.15, -0.1) is 0 Å². The predicted octanol–water partition coefficient (Wildman–Crippen LogP) is 3.34. The van der Waals surface area contributed by atoms with Gasteiger partial charge in [-0.3, -0.25) is 0 Å². The lowest BCUT2D eigenvalue weighted by atomic mass is 9.91. The van der Waals surface area contributed by atoms with E-state index in [-0.39, 0.29) is 11.6 Å². The van der Waals surface area contributed by atoms with Crippen LogP contribution in [0.5, 0.6) is 0 Å². The molecule has 0 spiro atoms. The Morgan fingerprint density at radius 3 is 2.47 bits per heavy atom. The molecule has 3 heteroatoms. The topological polar surface area (TPSA) is 28.4 Å². The van der Waals surface area contributed by atoms with Crippen LogP contribution in [0, 0.1) is 6.92 Å². The highest BCUT2D eigenvalue weighted by Gasteiger charge is 2.34. The maximum Gasteiger partial charge on any atom is 0.134 e. The van der Waals surface area contributed by atoms with Gasteiger partial charge in [0, 0.05) is 10.9 Å². The first-order chi connectivity index (χ1) is 8.86. The molecule has 0 aliphatic rings. The molecule has 0 saturated carbocycles. The summed E-state index contributed by atoms with van der Waals surface area (Å²) in [6.45, 7) is 6.53. The number of benzene rings is 1. The summed E-state index contributed by atoms with van der Waals surface area (Å²) in [6, 6.07) is 8.59. The molecule has 2 aromatic rings. The number of fused-ring (bicyclic) bond motifs is 1. The standard InChI is InChI=1S/C16H24N2O/c1-11-7-8-13-12(9-11)10-14(19-13)15(17-4)16(2,3)18(5)6/h7-10,15,17H,1-6H3. The molecule has 3 nitrogen and oxygen atoms in total. The smallest absolute Gasteiger partial charge is 0.134 e. The Morgan fingerprint density at radius 2 is 1.89 bits per heavy atom. The Bertz CT molecular complexity index is 569. The Kier molecular flexibility index (Phi) is 3.70. The average molecular weight is 260 g/mol. The molecular weight excluding hydrogens is 236 g/mol. The van der Waals surface area contributed by atoms with Crippen molar-refractivity contribution < 1.29 is 4.42 Å². The number of hydrogen-bond acceptors (Lipinski definition) is 3. The van der Waals surface area contributed by atoms with Crippen molar-refractivity contribution in [2.45, 2.75) is 32.4 Å². The fraction of sp³-hybridized carbons (Fsp3) is 0.500. The van der Waals surface area contributed by atoms with Crippen molar-refractivity contribution in [1.29, 1.82) is 0 Å². The van der Waals surface area contributed by atoms with E-state index < -0.39 is 0 Å². The van der Waals surface area contributed by atoms with Crippen LogP contribution in [0.4, 0.5) is 0 Å². The molecule has 1 heterocycles. The van der Waals surface area contributed by atoms with Gasteiger partial charge in [0.2, 0.25) is 0 Å². The first kappa shape index (κ1) is 14.1. The molecular formula is C16H24N2O. The number of furan rings is 1. The third-order valence-corrected chi connectivity index (χ3v) is 4.12. The lowest BCUT2D eigenvalue weighted by Gasteiger charge is -2.38. The van der Waals surface area contributed by atoms with Crippen LogP contribution in [0.2, 0.25) is 0 Å². The third kappa shape index (κ3) is 2.53. The van der Waals surface area contributed by atoms with E-state index in [9.17, 15) is 0 Å². The fourth-order valence-corrected chi connectivity index (χ4v) is 2.43. The minimum Gasteiger partial charge on any atom is -0.459 e. The van der Waals surface area contributed by atoms with E-state index in [4.69, 9.17) is 4.42 Å². The number of rotatable bonds is 4. The molecule has 19 heavy (non-hydrogen) atoms. The Morgan fingerprint density at radius 1 is 1.21 bits per heavy atom. The summed E-state index contributed by atoms with van der Waals surface area (Å²) in [5.74, 6) is 0.988. The molecule has 1 N–H and O–H groups in total. The van der Waals surface area contributed by atoms with Crippen LogP contribution >= 0.6 is 0 Å². The van der Waals surface area contributed by atoms with Crippen molar-refractivity contribution in [2.75, 3.05) is 21.1 Å². The van der Waals surface area contributed by atoms with Crippen molar-refractivity contribution in [3.8, 4) is 0 Å². The van der Waals surface area contributed by atoms with Gasteiger partial charge in [-0.2, -0.15) is 0 Å². The van der Waals surface area contributed by atoms with Crippen LogP contribution in [-0.4, -0.2) is 31.6 Å². The SMILES string of the molecule is CNC(c1cc2cc(C)ccc2o1)C(C)(C)N(C)C. The fourth-order valence-electron chi connectivity index (χ4n) is 2.43. The highest BCUT2D eigenvalue weighted by atomic mass is 16.3.